The number of nitrogens with zero attached hydrogens (tertiary/aromatic N) is 1. The van der Waals surface area contributed by atoms with Crippen LogP contribution in [0.25, 0.3) is 0 Å². The summed E-state index contributed by atoms with van der Waals surface area (Å²) in [6, 6.07) is 3.80. The van der Waals surface area contributed by atoms with Crippen LogP contribution < -0.4 is 0 Å². The van der Waals surface area contributed by atoms with Gasteiger partial charge in [-0.3, -0.25) is 4.79 Å². The summed E-state index contributed by atoms with van der Waals surface area (Å²) in [5.41, 5.74) is 1.18. The highest BCUT2D eigenvalue weighted by Gasteiger charge is 2.19. The van der Waals surface area contributed by atoms with E-state index in [-0.39, 0.29) is 0 Å². The monoisotopic (exact) mass is 223 g/mol. The smallest absolute Gasteiger partial charge is 0.133 e. The third kappa shape index (κ3) is 3.03. The Labute approximate surface area is 94.7 Å². The molecule has 1 atom stereocenters. The molecule has 2 nitrogen and oxygen atoms in total. The van der Waals surface area contributed by atoms with Crippen LogP contribution in [-0.4, -0.2) is 10.8 Å². The van der Waals surface area contributed by atoms with E-state index in [2.05, 4.69) is 4.98 Å². The molecule has 0 aromatic carbocycles. The standard InChI is InChI=1S/C12H14ClNO/c13-12-5-4-10(8-14-12)6-9-2-1-3-11(15)7-9/h4-5,8-9H,1-3,6-7H2. The molecule has 1 aromatic heterocycles. The number of rotatable bonds is 2. The first-order valence-electron chi connectivity index (χ1n) is 5.36. The molecular weight excluding hydrogens is 210 g/mol. The highest BCUT2D eigenvalue weighted by atomic mass is 35.5. The van der Waals surface area contributed by atoms with Crippen LogP contribution in [0.4, 0.5) is 0 Å². The molecule has 0 bridgehead atoms. The number of carbonyl (C=O) groups excluding carboxylic acids is 1. The minimum atomic E-state index is 0.410. The van der Waals surface area contributed by atoms with Gasteiger partial charge in [0.2, 0.25) is 0 Å². The first-order valence-corrected chi connectivity index (χ1v) is 5.74. The first kappa shape index (κ1) is 10.6. The molecule has 1 unspecified atom stereocenters. The van der Waals surface area contributed by atoms with E-state index in [9.17, 15) is 4.79 Å². The second-order valence-corrected chi connectivity index (χ2v) is 4.58. The SMILES string of the molecule is O=C1CCCC(Cc2ccc(Cl)nc2)C1. The quantitative estimate of drug-likeness (QED) is 0.722. The Bertz CT molecular complexity index is 347. The van der Waals surface area contributed by atoms with E-state index in [0.29, 0.717) is 16.9 Å². The number of pyridine rings is 1. The zero-order valence-corrected chi connectivity index (χ0v) is 9.33. The molecule has 1 heterocycles. The molecule has 0 radical (unpaired) electrons. The van der Waals surface area contributed by atoms with E-state index in [0.717, 1.165) is 32.1 Å². The number of aromatic nitrogens is 1. The second kappa shape index (κ2) is 4.75. The summed E-state index contributed by atoms with van der Waals surface area (Å²) >= 11 is 5.71. The molecule has 3 heteroatoms. The molecule has 80 valence electrons. The van der Waals surface area contributed by atoms with E-state index in [1.165, 1.54) is 5.56 Å². The molecule has 0 aliphatic heterocycles. The summed E-state index contributed by atoms with van der Waals surface area (Å²) in [5.74, 6) is 0.919. The van der Waals surface area contributed by atoms with Crippen LogP contribution in [0.15, 0.2) is 18.3 Å². The number of ketones is 1. The number of Topliss-reactive ketones (excluding diaryl/α,β-unsaturated/α-hetero) is 1. The van der Waals surface area contributed by atoms with E-state index in [1.54, 1.807) is 6.20 Å². The van der Waals surface area contributed by atoms with Crippen LogP contribution in [0.3, 0.4) is 0 Å². The molecule has 1 saturated carbocycles. The van der Waals surface area contributed by atoms with E-state index >= 15 is 0 Å². The lowest BCUT2D eigenvalue weighted by atomic mass is 9.84. The maximum absolute atomic E-state index is 11.3. The van der Waals surface area contributed by atoms with Crippen molar-refractivity contribution in [3.05, 3.63) is 29.0 Å². The Kier molecular flexibility index (Phi) is 3.37. The molecule has 1 fully saturated rings. The Morgan fingerprint density at radius 1 is 1.47 bits per heavy atom. The van der Waals surface area contributed by atoms with Crippen LogP contribution >= 0.6 is 11.6 Å². The van der Waals surface area contributed by atoms with Crippen molar-refractivity contribution in [2.75, 3.05) is 0 Å². The first-order chi connectivity index (χ1) is 7.24. The fourth-order valence-corrected chi connectivity index (χ4v) is 2.26. The van der Waals surface area contributed by atoms with Crippen molar-refractivity contribution >= 4 is 17.4 Å². The highest BCUT2D eigenvalue weighted by Crippen LogP contribution is 2.24. The Morgan fingerprint density at radius 2 is 2.33 bits per heavy atom. The van der Waals surface area contributed by atoms with Gasteiger partial charge < -0.3 is 0 Å². The van der Waals surface area contributed by atoms with Crippen molar-refractivity contribution in [1.82, 2.24) is 4.98 Å². The normalized spacial score (nSPS) is 21.7. The van der Waals surface area contributed by atoms with Gasteiger partial charge in [0.15, 0.2) is 0 Å². The van der Waals surface area contributed by atoms with E-state index in [4.69, 9.17) is 11.6 Å². The number of hydrogen-bond donors (Lipinski definition) is 0. The molecule has 0 N–H and O–H groups in total. The molecule has 2 rings (SSSR count). The fraction of sp³-hybridized carbons (Fsp3) is 0.500. The number of hydrogen-bond acceptors (Lipinski definition) is 2. The summed E-state index contributed by atoms with van der Waals surface area (Å²) in [7, 11) is 0. The molecule has 1 aromatic rings. The van der Waals surface area contributed by atoms with Gasteiger partial charge in [0.05, 0.1) is 0 Å². The molecule has 0 amide bonds. The van der Waals surface area contributed by atoms with Crippen LogP contribution in [-0.2, 0) is 11.2 Å². The van der Waals surface area contributed by atoms with Gasteiger partial charge in [0, 0.05) is 19.0 Å². The minimum absolute atomic E-state index is 0.410. The van der Waals surface area contributed by atoms with Crippen molar-refractivity contribution in [2.24, 2.45) is 5.92 Å². The Balaban J connectivity index is 1.96. The summed E-state index contributed by atoms with van der Waals surface area (Å²) in [4.78, 5) is 15.3. The molecule has 15 heavy (non-hydrogen) atoms. The van der Waals surface area contributed by atoms with Crippen molar-refractivity contribution in [3.8, 4) is 0 Å². The fourth-order valence-electron chi connectivity index (χ4n) is 2.15. The summed E-state index contributed by atoms with van der Waals surface area (Å²) in [6.07, 6.45) is 6.48. The summed E-state index contributed by atoms with van der Waals surface area (Å²) in [6.45, 7) is 0. The van der Waals surface area contributed by atoms with Gasteiger partial charge in [0.25, 0.3) is 0 Å². The Morgan fingerprint density at radius 3 is 3.00 bits per heavy atom. The predicted octanol–water partition coefficient (Wildman–Crippen LogP) is 3.04. The van der Waals surface area contributed by atoms with Crippen LogP contribution in [0, 0.1) is 5.92 Å². The Hall–Kier alpha value is -0.890. The lowest BCUT2D eigenvalue weighted by Gasteiger charge is -2.20. The van der Waals surface area contributed by atoms with Gasteiger partial charge in [-0.25, -0.2) is 4.98 Å². The second-order valence-electron chi connectivity index (χ2n) is 4.19. The molecule has 1 aliphatic carbocycles. The highest BCUT2D eigenvalue weighted by molar-refractivity contribution is 6.29. The van der Waals surface area contributed by atoms with Crippen molar-refractivity contribution < 1.29 is 4.79 Å². The van der Waals surface area contributed by atoms with Gasteiger partial charge in [-0.1, -0.05) is 17.7 Å². The number of carbonyl (C=O) groups is 1. The van der Waals surface area contributed by atoms with Gasteiger partial charge in [-0.15, -0.1) is 0 Å². The lowest BCUT2D eigenvalue weighted by molar-refractivity contribution is -0.121. The van der Waals surface area contributed by atoms with Gasteiger partial charge in [-0.2, -0.15) is 0 Å². The van der Waals surface area contributed by atoms with Crippen molar-refractivity contribution in [2.45, 2.75) is 32.1 Å². The number of halogens is 1. The molecule has 1 aliphatic rings. The average Bonchev–Trinajstić information content (AvgIpc) is 2.22. The minimum Gasteiger partial charge on any atom is -0.300 e. The van der Waals surface area contributed by atoms with Gasteiger partial charge >= 0.3 is 0 Å². The summed E-state index contributed by atoms with van der Waals surface area (Å²) < 4.78 is 0. The van der Waals surface area contributed by atoms with Gasteiger partial charge in [-0.05, 0) is 36.8 Å². The van der Waals surface area contributed by atoms with Crippen LogP contribution in [0.5, 0.6) is 0 Å². The summed E-state index contributed by atoms with van der Waals surface area (Å²) in [5, 5.41) is 0.526. The van der Waals surface area contributed by atoms with Crippen molar-refractivity contribution in [3.63, 3.8) is 0 Å². The van der Waals surface area contributed by atoms with Crippen molar-refractivity contribution in [1.29, 1.82) is 0 Å². The van der Waals surface area contributed by atoms with E-state index < -0.39 is 0 Å². The van der Waals surface area contributed by atoms with E-state index in [1.807, 2.05) is 12.1 Å². The maximum Gasteiger partial charge on any atom is 0.133 e. The lowest BCUT2D eigenvalue weighted by Crippen LogP contribution is -2.16. The molecule has 0 spiro atoms. The van der Waals surface area contributed by atoms with Crippen LogP contribution in [0.2, 0.25) is 5.15 Å². The maximum atomic E-state index is 11.3. The predicted molar refractivity (Wildman–Crippen MR) is 59.9 cm³/mol. The molecule has 0 saturated heterocycles. The largest absolute Gasteiger partial charge is 0.300 e. The zero-order chi connectivity index (χ0) is 10.7. The molecular formula is C12H14ClNO. The zero-order valence-electron chi connectivity index (χ0n) is 8.58. The average molecular weight is 224 g/mol. The topological polar surface area (TPSA) is 30.0 Å². The van der Waals surface area contributed by atoms with Crippen LogP contribution in [0.1, 0.15) is 31.2 Å². The van der Waals surface area contributed by atoms with Gasteiger partial charge in [0.1, 0.15) is 10.9 Å². The third-order valence-corrected chi connectivity index (χ3v) is 3.12. The third-order valence-electron chi connectivity index (χ3n) is 2.90.